The zero-order chi connectivity index (χ0) is 20.9. The Labute approximate surface area is 177 Å². The summed E-state index contributed by atoms with van der Waals surface area (Å²) in [5.41, 5.74) is 1.27. The van der Waals surface area contributed by atoms with Gasteiger partial charge in [0.2, 0.25) is 5.91 Å². The normalized spacial score (nSPS) is 14.8. The summed E-state index contributed by atoms with van der Waals surface area (Å²) in [5, 5.41) is 3.16. The largest absolute Gasteiger partial charge is 0.493 e. The molecule has 5 nitrogen and oxygen atoms in total. The van der Waals surface area contributed by atoms with Crippen LogP contribution in [0, 0.1) is 5.92 Å². The molecule has 1 aliphatic carbocycles. The second-order valence-corrected chi connectivity index (χ2v) is 8.11. The number of amides is 1. The number of hydrogen-bond acceptors (Lipinski definition) is 4. The highest BCUT2D eigenvalue weighted by atomic mass is 16.5. The molecule has 29 heavy (non-hydrogen) atoms. The number of unbranched alkanes of at least 4 members (excludes halogenated alkanes) is 1. The summed E-state index contributed by atoms with van der Waals surface area (Å²) >= 11 is 0. The fourth-order valence-electron chi connectivity index (χ4n) is 4.16. The first-order chi connectivity index (χ1) is 14.2. The molecule has 1 aromatic carbocycles. The molecule has 1 N–H and O–H groups in total. The van der Waals surface area contributed by atoms with Gasteiger partial charge in [-0.1, -0.05) is 32.3 Å². The molecule has 0 unspecified atom stereocenters. The Hall–Kier alpha value is -1.75. The van der Waals surface area contributed by atoms with Gasteiger partial charge in [0.1, 0.15) is 0 Å². The first-order valence-electron chi connectivity index (χ1n) is 11.4. The van der Waals surface area contributed by atoms with Gasteiger partial charge in [0.15, 0.2) is 11.5 Å². The monoisotopic (exact) mass is 404 g/mol. The summed E-state index contributed by atoms with van der Waals surface area (Å²) in [4.78, 5) is 14.7. The third kappa shape index (κ3) is 8.25. The van der Waals surface area contributed by atoms with Crippen molar-refractivity contribution in [3.63, 3.8) is 0 Å². The zero-order valence-corrected chi connectivity index (χ0v) is 18.7. The Bertz CT molecular complexity index is 600. The second-order valence-electron chi connectivity index (χ2n) is 8.11. The van der Waals surface area contributed by atoms with E-state index in [9.17, 15) is 4.79 Å². The van der Waals surface area contributed by atoms with Gasteiger partial charge < -0.3 is 19.7 Å². The van der Waals surface area contributed by atoms with E-state index in [-0.39, 0.29) is 11.8 Å². The third-order valence-corrected chi connectivity index (χ3v) is 5.88. The molecule has 0 radical (unpaired) electrons. The maximum atomic E-state index is 12.2. The van der Waals surface area contributed by atoms with Gasteiger partial charge >= 0.3 is 0 Å². The fraction of sp³-hybridized carbons (Fsp3) is 0.708. The van der Waals surface area contributed by atoms with Crippen LogP contribution in [-0.2, 0) is 11.2 Å². The van der Waals surface area contributed by atoms with Crippen LogP contribution in [0.3, 0.4) is 0 Å². The SMILES string of the molecule is CCCN(CCCCNC(=O)C1CCCCC1)CCc1ccc(OC)c(OC)c1. The topological polar surface area (TPSA) is 50.8 Å². The van der Waals surface area contributed by atoms with Crippen LogP contribution < -0.4 is 14.8 Å². The molecule has 0 spiro atoms. The molecular weight excluding hydrogens is 364 g/mol. The minimum atomic E-state index is 0.266. The minimum Gasteiger partial charge on any atom is -0.493 e. The van der Waals surface area contributed by atoms with Crippen molar-refractivity contribution in [2.75, 3.05) is 40.4 Å². The molecule has 0 saturated heterocycles. The number of nitrogens with one attached hydrogen (secondary N) is 1. The number of benzene rings is 1. The highest BCUT2D eigenvalue weighted by Gasteiger charge is 2.20. The van der Waals surface area contributed by atoms with E-state index in [2.05, 4.69) is 29.3 Å². The summed E-state index contributed by atoms with van der Waals surface area (Å²) in [6.07, 6.45) is 10.2. The van der Waals surface area contributed by atoms with Gasteiger partial charge in [-0.3, -0.25) is 4.79 Å². The summed E-state index contributed by atoms with van der Waals surface area (Å²) < 4.78 is 10.7. The van der Waals surface area contributed by atoms with Gasteiger partial charge in [0, 0.05) is 19.0 Å². The number of carbonyl (C=O) groups excluding carboxylic acids is 1. The molecule has 1 amide bonds. The number of nitrogens with zero attached hydrogens (tertiary/aromatic N) is 1. The number of hydrogen-bond donors (Lipinski definition) is 1. The predicted molar refractivity (Wildman–Crippen MR) is 119 cm³/mol. The number of rotatable bonds is 13. The van der Waals surface area contributed by atoms with Gasteiger partial charge in [-0.2, -0.15) is 0 Å². The second kappa shape index (κ2) is 13.5. The van der Waals surface area contributed by atoms with E-state index < -0.39 is 0 Å². The summed E-state index contributed by atoms with van der Waals surface area (Å²) in [7, 11) is 3.34. The summed E-state index contributed by atoms with van der Waals surface area (Å²) in [6.45, 7) is 6.28. The van der Waals surface area contributed by atoms with Gasteiger partial charge in [-0.15, -0.1) is 0 Å². The van der Waals surface area contributed by atoms with Crippen LogP contribution >= 0.6 is 0 Å². The van der Waals surface area contributed by atoms with E-state index in [1.807, 2.05) is 6.07 Å². The Kier molecular flexibility index (Phi) is 10.9. The van der Waals surface area contributed by atoms with Crippen molar-refractivity contribution in [1.82, 2.24) is 10.2 Å². The number of methoxy groups -OCH3 is 2. The number of ether oxygens (including phenoxy) is 2. The maximum absolute atomic E-state index is 12.2. The lowest BCUT2D eigenvalue weighted by Crippen LogP contribution is -2.33. The Morgan fingerprint density at radius 2 is 1.79 bits per heavy atom. The van der Waals surface area contributed by atoms with Crippen molar-refractivity contribution in [3.05, 3.63) is 23.8 Å². The van der Waals surface area contributed by atoms with Crippen LogP contribution in [0.4, 0.5) is 0 Å². The average Bonchev–Trinajstić information content (AvgIpc) is 2.77. The quantitative estimate of drug-likeness (QED) is 0.494. The molecule has 2 rings (SSSR count). The first kappa shape index (κ1) is 23.5. The van der Waals surface area contributed by atoms with Crippen molar-refractivity contribution >= 4 is 5.91 Å². The van der Waals surface area contributed by atoms with Crippen molar-refractivity contribution in [1.29, 1.82) is 0 Å². The smallest absolute Gasteiger partial charge is 0.223 e. The van der Waals surface area contributed by atoms with E-state index >= 15 is 0 Å². The lowest BCUT2D eigenvalue weighted by molar-refractivity contribution is -0.125. The average molecular weight is 405 g/mol. The van der Waals surface area contributed by atoms with Crippen molar-refractivity contribution in [2.45, 2.75) is 64.7 Å². The minimum absolute atomic E-state index is 0.266. The van der Waals surface area contributed by atoms with Gasteiger partial charge in [-0.05, 0) is 69.3 Å². The molecule has 0 bridgehead atoms. The predicted octanol–water partition coefficient (Wildman–Crippen LogP) is 4.44. The molecular formula is C24H40N2O3. The van der Waals surface area contributed by atoms with Crippen LogP contribution in [-0.4, -0.2) is 51.2 Å². The molecule has 5 heteroatoms. The Morgan fingerprint density at radius 3 is 2.48 bits per heavy atom. The van der Waals surface area contributed by atoms with Crippen molar-refractivity contribution in [2.24, 2.45) is 5.92 Å². The molecule has 0 aliphatic heterocycles. The maximum Gasteiger partial charge on any atom is 0.223 e. The van der Waals surface area contributed by atoms with Crippen LogP contribution in [0.5, 0.6) is 11.5 Å². The molecule has 1 aliphatic rings. The molecule has 0 heterocycles. The fourth-order valence-corrected chi connectivity index (χ4v) is 4.16. The van der Waals surface area contributed by atoms with Crippen molar-refractivity contribution < 1.29 is 14.3 Å². The summed E-state index contributed by atoms with van der Waals surface area (Å²) in [6, 6.07) is 6.17. The van der Waals surface area contributed by atoms with Crippen LogP contribution in [0.2, 0.25) is 0 Å². The van der Waals surface area contributed by atoms with Crippen LogP contribution in [0.1, 0.15) is 63.9 Å². The van der Waals surface area contributed by atoms with E-state index in [0.717, 1.165) is 76.2 Å². The summed E-state index contributed by atoms with van der Waals surface area (Å²) in [5.74, 6) is 2.11. The van der Waals surface area contributed by atoms with E-state index in [1.165, 1.54) is 24.8 Å². The Balaban J connectivity index is 1.68. The molecule has 1 aromatic rings. The van der Waals surface area contributed by atoms with E-state index in [0.29, 0.717) is 0 Å². The van der Waals surface area contributed by atoms with Crippen LogP contribution in [0.25, 0.3) is 0 Å². The Morgan fingerprint density at radius 1 is 1.03 bits per heavy atom. The van der Waals surface area contributed by atoms with E-state index in [1.54, 1.807) is 14.2 Å². The highest BCUT2D eigenvalue weighted by Crippen LogP contribution is 2.27. The molecule has 1 fully saturated rings. The molecule has 1 saturated carbocycles. The zero-order valence-electron chi connectivity index (χ0n) is 18.7. The van der Waals surface area contributed by atoms with Crippen LogP contribution in [0.15, 0.2) is 18.2 Å². The van der Waals surface area contributed by atoms with Crippen molar-refractivity contribution in [3.8, 4) is 11.5 Å². The van der Waals surface area contributed by atoms with Gasteiger partial charge in [0.25, 0.3) is 0 Å². The standard InChI is InChI=1S/C24H40N2O3/c1-4-16-26(18-14-20-12-13-22(28-2)23(19-20)29-3)17-9-8-15-25-24(27)21-10-6-5-7-11-21/h12-13,19,21H,4-11,14-18H2,1-3H3,(H,25,27). The first-order valence-corrected chi connectivity index (χ1v) is 11.4. The molecule has 164 valence electrons. The molecule has 0 atom stereocenters. The lowest BCUT2D eigenvalue weighted by atomic mass is 9.89. The highest BCUT2D eigenvalue weighted by molar-refractivity contribution is 5.78. The third-order valence-electron chi connectivity index (χ3n) is 5.88. The van der Waals surface area contributed by atoms with E-state index in [4.69, 9.17) is 9.47 Å². The number of carbonyl (C=O) groups is 1. The molecule has 0 aromatic heterocycles. The van der Waals surface area contributed by atoms with Gasteiger partial charge in [0.05, 0.1) is 14.2 Å². The van der Waals surface area contributed by atoms with Gasteiger partial charge in [-0.25, -0.2) is 0 Å². The lowest BCUT2D eigenvalue weighted by Gasteiger charge is -2.22.